The minimum Gasteiger partial charge on any atom is -0.369 e. The molecule has 3 heteroatoms. The molecule has 1 unspecified atom stereocenters. The highest BCUT2D eigenvalue weighted by atomic mass is 16.5. The Hall–Kier alpha value is -2.18. The summed E-state index contributed by atoms with van der Waals surface area (Å²) in [7, 11) is 0. The highest BCUT2D eigenvalue weighted by Gasteiger charge is 2.30. The van der Waals surface area contributed by atoms with Crippen LogP contribution in [0.1, 0.15) is 46.6 Å². The van der Waals surface area contributed by atoms with Crippen molar-refractivity contribution in [2.75, 3.05) is 0 Å². The van der Waals surface area contributed by atoms with Crippen molar-refractivity contribution < 1.29 is 14.3 Å². The third-order valence-electron chi connectivity index (χ3n) is 3.87. The fraction of sp³-hybridized carbons (Fsp3) is 0.455. The Kier molecular flexibility index (Phi) is 7.33. The molecule has 0 aromatic heterocycles. The summed E-state index contributed by atoms with van der Waals surface area (Å²) in [6, 6.07) is 9.84. The van der Waals surface area contributed by atoms with E-state index in [2.05, 4.69) is 18.4 Å². The van der Waals surface area contributed by atoms with Gasteiger partial charge in [-0.3, -0.25) is 9.59 Å². The smallest absolute Gasteiger partial charge is 0.211 e. The Balaban J connectivity index is 2.70. The summed E-state index contributed by atoms with van der Waals surface area (Å²) in [5.74, 6) is 4.42. The first-order valence-corrected chi connectivity index (χ1v) is 8.43. The summed E-state index contributed by atoms with van der Waals surface area (Å²) in [5.41, 5.74) is 0.0326. The number of rotatable bonds is 7. The molecule has 0 aliphatic heterocycles. The maximum atomic E-state index is 12.2. The lowest BCUT2D eigenvalue weighted by molar-refractivity contribution is -0.121. The molecule has 0 aliphatic rings. The zero-order chi connectivity index (χ0) is 19.1. The Morgan fingerprint density at radius 2 is 1.72 bits per heavy atom. The first-order valence-electron chi connectivity index (χ1n) is 8.43. The lowest BCUT2D eigenvalue weighted by atomic mass is 9.81. The van der Waals surface area contributed by atoms with Crippen LogP contribution < -0.4 is 0 Å². The highest BCUT2D eigenvalue weighted by molar-refractivity contribution is 6.06. The van der Waals surface area contributed by atoms with Crippen LogP contribution in [0.3, 0.4) is 0 Å². The number of carbonyl (C=O) groups is 2. The van der Waals surface area contributed by atoms with E-state index in [-0.39, 0.29) is 24.1 Å². The molecule has 0 fully saturated rings. The molecule has 3 nitrogen and oxygen atoms in total. The number of ketones is 2. The van der Waals surface area contributed by atoms with E-state index in [9.17, 15) is 9.59 Å². The van der Waals surface area contributed by atoms with E-state index in [1.165, 1.54) is 0 Å². The monoisotopic (exact) mass is 340 g/mol. The van der Waals surface area contributed by atoms with Crippen LogP contribution in [-0.2, 0) is 20.9 Å². The Labute approximate surface area is 151 Å². The van der Waals surface area contributed by atoms with Gasteiger partial charge in [0.2, 0.25) is 11.6 Å². The molecule has 25 heavy (non-hydrogen) atoms. The van der Waals surface area contributed by atoms with Crippen LogP contribution in [0.2, 0.25) is 0 Å². The first kappa shape index (κ1) is 20.9. The summed E-state index contributed by atoms with van der Waals surface area (Å²) in [5, 5.41) is 0. The van der Waals surface area contributed by atoms with Gasteiger partial charge in [0.1, 0.15) is 0 Å². The molecule has 134 valence electrons. The molecule has 0 saturated carbocycles. The second-order valence-corrected chi connectivity index (χ2v) is 7.87. The Morgan fingerprint density at radius 1 is 1.12 bits per heavy atom. The quantitative estimate of drug-likeness (QED) is 0.421. The van der Waals surface area contributed by atoms with Gasteiger partial charge in [-0.1, -0.05) is 71.0 Å². The fourth-order valence-corrected chi connectivity index (χ4v) is 2.25. The summed E-state index contributed by atoms with van der Waals surface area (Å²) >= 11 is 0. The van der Waals surface area contributed by atoms with E-state index in [0.717, 1.165) is 5.56 Å². The number of hydrogen-bond acceptors (Lipinski definition) is 3. The second-order valence-electron chi connectivity index (χ2n) is 7.87. The zero-order valence-electron chi connectivity index (χ0n) is 15.9. The minimum atomic E-state index is -0.564. The number of benzene rings is 1. The molecule has 0 aliphatic carbocycles. The van der Waals surface area contributed by atoms with Crippen LogP contribution in [0.25, 0.3) is 0 Å². The molecule has 0 amide bonds. The van der Waals surface area contributed by atoms with E-state index >= 15 is 0 Å². The number of carbonyl (C=O) groups excluding carboxylic acids is 2. The molecule has 0 bridgehead atoms. The van der Waals surface area contributed by atoms with Crippen LogP contribution in [0.15, 0.2) is 43.0 Å². The van der Waals surface area contributed by atoms with E-state index < -0.39 is 10.8 Å². The number of hydrogen-bond donors (Lipinski definition) is 0. The average molecular weight is 340 g/mol. The Bertz CT molecular complexity index is 667. The molecule has 1 atom stereocenters. The standard InChI is InChI=1S/C22H28O3/c1-7-20(25-16-17-11-9-8-10-12-17)22(5,6)15-18(23)13-14-19(24)21(2,3)4/h7-12,20H,1,15-16H2,2-6H3. The highest BCUT2D eigenvalue weighted by Crippen LogP contribution is 2.29. The first-order chi connectivity index (χ1) is 11.6. The second kappa shape index (κ2) is 8.78. The van der Waals surface area contributed by atoms with Gasteiger partial charge in [0.05, 0.1) is 12.7 Å². The van der Waals surface area contributed by atoms with Crippen molar-refractivity contribution in [3.05, 3.63) is 48.6 Å². The number of Topliss-reactive ketones (excluding diaryl/α,β-unsaturated/α-hetero) is 2. The summed E-state index contributed by atoms with van der Waals surface area (Å²) in [4.78, 5) is 24.0. The van der Waals surface area contributed by atoms with Crippen molar-refractivity contribution >= 4 is 11.6 Å². The fourth-order valence-electron chi connectivity index (χ4n) is 2.25. The molecule has 0 radical (unpaired) electrons. The van der Waals surface area contributed by atoms with Gasteiger partial charge < -0.3 is 4.74 Å². The molecule has 0 spiro atoms. The average Bonchev–Trinajstić information content (AvgIpc) is 2.52. The van der Waals surface area contributed by atoms with Gasteiger partial charge in [-0.05, 0) is 17.4 Å². The molecular formula is C22H28O3. The van der Waals surface area contributed by atoms with Gasteiger partial charge in [-0.2, -0.15) is 0 Å². The third kappa shape index (κ3) is 7.07. The topological polar surface area (TPSA) is 43.4 Å². The largest absolute Gasteiger partial charge is 0.369 e. The summed E-state index contributed by atoms with van der Waals surface area (Å²) in [6.45, 7) is 13.5. The Morgan fingerprint density at radius 3 is 2.24 bits per heavy atom. The molecule has 1 aromatic rings. The van der Waals surface area contributed by atoms with E-state index in [4.69, 9.17) is 4.74 Å². The SMILES string of the molecule is C=CC(OCc1ccccc1)C(C)(C)CC(=O)C#CC(=O)C(C)(C)C. The summed E-state index contributed by atoms with van der Waals surface area (Å²) in [6.07, 6.45) is 1.61. The third-order valence-corrected chi connectivity index (χ3v) is 3.87. The van der Waals surface area contributed by atoms with Crippen LogP contribution in [0, 0.1) is 22.7 Å². The van der Waals surface area contributed by atoms with Crippen molar-refractivity contribution in [3.8, 4) is 11.8 Å². The number of ether oxygens (including phenoxy) is 1. The molecule has 1 aromatic carbocycles. The van der Waals surface area contributed by atoms with E-state index in [1.54, 1.807) is 26.8 Å². The van der Waals surface area contributed by atoms with Crippen LogP contribution in [0.5, 0.6) is 0 Å². The van der Waals surface area contributed by atoms with Crippen LogP contribution in [0.4, 0.5) is 0 Å². The van der Waals surface area contributed by atoms with Crippen LogP contribution >= 0.6 is 0 Å². The van der Waals surface area contributed by atoms with Gasteiger partial charge >= 0.3 is 0 Å². The van der Waals surface area contributed by atoms with Crippen molar-refractivity contribution in [3.63, 3.8) is 0 Å². The minimum absolute atomic E-state index is 0.197. The van der Waals surface area contributed by atoms with E-state index in [1.807, 2.05) is 44.2 Å². The van der Waals surface area contributed by atoms with E-state index in [0.29, 0.717) is 6.61 Å². The van der Waals surface area contributed by atoms with Crippen molar-refractivity contribution in [2.24, 2.45) is 10.8 Å². The van der Waals surface area contributed by atoms with Gasteiger partial charge in [0, 0.05) is 17.3 Å². The van der Waals surface area contributed by atoms with Gasteiger partial charge in [0.25, 0.3) is 0 Å². The van der Waals surface area contributed by atoms with Gasteiger partial charge in [-0.25, -0.2) is 0 Å². The van der Waals surface area contributed by atoms with Crippen molar-refractivity contribution in [2.45, 2.75) is 53.8 Å². The molecule has 0 heterocycles. The molecule has 0 saturated heterocycles. The predicted molar refractivity (Wildman–Crippen MR) is 101 cm³/mol. The normalized spacial score (nSPS) is 12.7. The predicted octanol–water partition coefficient (Wildman–Crippen LogP) is 4.36. The lowest BCUT2D eigenvalue weighted by Gasteiger charge is -2.31. The van der Waals surface area contributed by atoms with Gasteiger partial charge in [-0.15, -0.1) is 6.58 Å². The molecule has 1 rings (SSSR count). The maximum absolute atomic E-state index is 12.2. The van der Waals surface area contributed by atoms with Crippen molar-refractivity contribution in [1.29, 1.82) is 0 Å². The van der Waals surface area contributed by atoms with Gasteiger partial charge in [0.15, 0.2) is 0 Å². The molecular weight excluding hydrogens is 312 g/mol. The van der Waals surface area contributed by atoms with Crippen molar-refractivity contribution in [1.82, 2.24) is 0 Å². The lowest BCUT2D eigenvalue weighted by Crippen LogP contribution is -2.32. The maximum Gasteiger partial charge on any atom is 0.211 e. The summed E-state index contributed by atoms with van der Waals surface area (Å²) < 4.78 is 5.94. The molecule has 0 N–H and O–H groups in total. The zero-order valence-corrected chi connectivity index (χ0v) is 15.9. The van der Waals surface area contributed by atoms with Crippen LogP contribution in [-0.4, -0.2) is 17.7 Å².